The molecule has 0 aromatic rings. The van der Waals surface area contributed by atoms with Gasteiger partial charge in [0.2, 0.25) is 5.91 Å². The van der Waals surface area contributed by atoms with Crippen molar-refractivity contribution in [3.63, 3.8) is 0 Å². The summed E-state index contributed by atoms with van der Waals surface area (Å²) in [6, 6.07) is 0.728. The second-order valence-corrected chi connectivity index (χ2v) is 5.44. The average Bonchev–Trinajstić information content (AvgIpc) is 2.24. The van der Waals surface area contributed by atoms with Gasteiger partial charge in [-0.2, -0.15) is 0 Å². The van der Waals surface area contributed by atoms with Gasteiger partial charge in [-0.3, -0.25) is 9.69 Å². The standard InChI is InChI=1S/C13H27N3O/c1-5-16(9-13(17)15-10(2)3)12-6-11(4)7-14-8-12/h10-12,14H,5-9H2,1-4H3,(H,15,17). The van der Waals surface area contributed by atoms with Gasteiger partial charge < -0.3 is 10.6 Å². The van der Waals surface area contributed by atoms with Gasteiger partial charge in [0.25, 0.3) is 0 Å². The van der Waals surface area contributed by atoms with Gasteiger partial charge >= 0.3 is 0 Å². The minimum atomic E-state index is 0.139. The Balaban J connectivity index is 2.44. The van der Waals surface area contributed by atoms with Gasteiger partial charge in [0.15, 0.2) is 0 Å². The van der Waals surface area contributed by atoms with E-state index in [4.69, 9.17) is 0 Å². The Morgan fingerprint density at radius 2 is 2.18 bits per heavy atom. The van der Waals surface area contributed by atoms with E-state index in [0.29, 0.717) is 18.5 Å². The first-order chi connectivity index (χ1) is 8.02. The van der Waals surface area contributed by atoms with E-state index >= 15 is 0 Å². The van der Waals surface area contributed by atoms with Crippen LogP contribution < -0.4 is 10.6 Å². The second kappa shape index (κ2) is 6.97. The Morgan fingerprint density at radius 3 is 2.71 bits per heavy atom. The highest BCUT2D eigenvalue weighted by Gasteiger charge is 2.24. The fraction of sp³-hybridized carbons (Fsp3) is 0.923. The first kappa shape index (κ1) is 14.5. The number of carbonyl (C=O) groups is 1. The van der Waals surface area contributed by atoms with Crippen molar-refractivity contribution in [3.8, 4) is 0 Å². The van der Waals surface area contributed by atoms with Crippen molar-refractivity contribution in [1.82, 2.24) is 15.5 Å². The summed E-state index contributed by atoms with van der Waals surface area (Å²) in [5, 5.41) is 6.40. The third-order valence-corrected chi connectivity index (χ3v) is 3.27. The van der Waals surface area contributed by atoms with Crippen LogP contribution in [0.15, 0.2) is 0 Å². The average molecular weight is 241 g/mol. The Morgan fingerprint density at radius 1 is 1.47 bits per heavy atom. The molecule has 0 radical (unpaired) electrons. The lowest BCUT2D eigenvalue weighted by Crippen LogP contribution is -2.51. The molecule has 4 heteroatoms. The number of rotatable bonds is 5. The van der Waals surface area contributed by atoms with Gasteiger partial charge in [0.1, 0.15) is 0 Å². The van der Waals surface area contributed by atoms with Gasteiger partial charge in [-0.15, -0.1) is 0 Å². The summed E-state index contributed by atoms with van der Waals surface area (Å²) in [5.41, 5.74) is 0. The zero-order valence-corrected chi connectivity index (χ0v) is 11.6. The number of nitrogens with one attached hydrogen (secondary N) is 2. The van der Waals surface area contributed by atoms with Crippen molar-refractivity contribution in [3.05, 3.63) is 0 Å². The highest BCUT2D eigenvalue weighted by molar-refractivity contribution is 5.78. The molecule has 0 spiro atoms. The quantitative estimate of drug-likeness (QED) is 0.749. The predicted octanol–water partition coefficient (Wildman–Crippen LogP) is 0.831. The molecular weight excluding hydrogens is 214 g/mol. The Bertz CT molecular complexity index is 243. The topological polar surface area (TPSA) is 44.4 Å². The van der Waals surface area contributed by atoms with Crippen LogP contribution in [0.25, 0.3) is 0 Å². The van der Waals surface area contributed by atoms with E-state index in [1.165, 1.54) is 6.42 Å². The maximum atomic E-state index is 11.8. The molecule has 0 aliphatic carbocycles. The van der Waals surface area contributed by atoms with Gasteiger partial charge in [0, 0.05) is 18.6 Å². The van der Waals surface area contributed by atoms with E-state index in [9.17, 15) is 4.79 Å². The van der Waals surface area contributed by atoms with Gasteiger partial charge in [-0.25, -0.2) is 0 Å². The maximum Gasteiger partial charge on any atom is 0.234 e. The van der Waals surface area contributed by atoms with E-state index in [0.717, 1.165) is 19.6 Å². The molecule has 17 heavy (non-hydrogen) atoms. The molecular formula is C13H27N3O. The number of carbonyl (C=O) groups excluding carboxylic acids is 1. The molecule has 1 rings (SSSR count). The molecule has 4 nitrogen and oxygen atoms in total. The summed E-state index contributed by atoms with van der Waals surface area (Å²) in [6.45, 7) is 12.0. The lowest BCUT2D eigenvalue weighted by Gasteiger charge is -2.36. The van der Waals surface area contributed by atoms with Gasteiger partial charge in [-0.05, 0) is 39.3 Å². The predicted molar refractivity (Wildman–Crippen MR) is 71.0 cm³/mol. The number of hydrogen-bond donors (Lipinski definition) is 2. The van der Waals surface area contributed by atoms with E-state index in [-0.39, 0.29) is 11.9 Å². The fourth-order valence-corrected chi connectivity index (χ4v) is 2.46. The summed E-state index contributed by atoms with van der Waals surface area (Å²) in [5.74, 6) is 0.844. The largest absolute Gasteiger partial charge is 0.353 e. The molecule has 2 unspecified atom stereocenters. The normalized spacial score (nSPS) is 25.3. The maximum absolute atomic E-state index is 11.8. The van der Waals surface area contributed by atoms with Crippen LogP contribution in [-0.2, 0) is 4.79 Å². The molecule has 1 aliphatic rings. The monoisotopic (exact) mass is 241 g/mol. The number of hydrogen-bond acceptors (Lipinski definition) is 3. The smallest absolute Gasteiger partial charge is 0.234 e. The van der Waals surface area contributed by atoms with Crippen LogP contribution in [0, 0.1) is 5.92 Å². The minimum Gasteiger partial charge on any atom is -0.353 e. The second-order valence-electron chi connectivity index (χ2n) is 5.44. The van der Waals surface area contributed by atoms with Gasteiger partial charge in [-0.1, -0.05) is 13.8 Å². The van der Waals surface area contributed by atoms with Crippen molar-refractivity contribution in [1.29, 1.82) is 0 Å². The number of piperidine rings is 1. The molecule has 0 bridgehead atoms. The van der Waals surface area contributed by atoms with Crippen LogP contribution in [0.1, 0.15) is 34.1 Å². The first-order valence-electron chi connectivity index (χ1n) is 6.77. The SMILES string of the molecule is CCN(CC(=O)NC(C)C)C1CNCC(C)C1. The lowest BCUT2D eigenvalue weighted by atomic mass is 9.96. The van der Waals surface area contributed by atoms with Crippen LogP contribution in [0.4, 0.5) is 0 Å². The fourth-order valence-electron chi connectivity index (χ4n) is 2.46. The molecule has 1 fully saturated rings. The minimum absolute atomic E-state index is 0.139. The van der Waals surface area contributed by atoms with Crippen molar-refractivity contribution in [2.75, 3.05) is 26.2 Å². The summed E-state index contributed by atoms with van der Waals surface area (Å²) in [7, 11) is 0. The van der Waals surface area contributed by atoms with Gasteiger partial charge in [0.05, 0.1) is 6.54 Å². The zero-order valence-electron chi connectivity index (χ0n) is 11.6. The third kappa shape index (κ3) is 5.04. The molecule has 1 amide bonds. The summed E-state index contributed by atoms with van der Waals surface area (Å²) in [4.78, 5) is 14.1. The Labute approximate surface area is 105 Å². The first-order valence-corrected chi connectivity index (χ1v) is 6.77. The van der Waals surface area contributed by atoms with Crippen molar-refractivity contribution in [2.24, 2.45) is 5.92 Å². The molecule has 1 saturated heterocycles. The van der Waals surface area contributed by atoms with E-state index in [1.807, 2.05) is 13.8 Å². The molecule has 2 N–H and O–H groups in total. The van der Waals surface area contributed by atoms with Crippen molar-refractivity contribution < 1.29 is 4.79 Å². The summed E-state index contributed by atoms with van der Waals surface area (Å²) in [6.07, 6.45) is 1.19. The molecule has 0 saturated carbocycles. The molecule has 100 valence electrons. The molecule has 1 aliphatic heterocycles. The van der Waals surface area contributed by atoms with Crippen molar-refractivity contribution >= 4 is 5.91 Å². The van der Waals surface area contributed by atoms with Crippen LogP contribution >= 0.6 is 0 Å². The lowest BCUT2D eigenvalue weighted by molar-refractivity contribution is -0.123. The van der Waals surface area contributed by atoms with Crippen LogP contribution in [0.5, 0.6) is 0 Å². The molecule has 2 atom stereocenters. The summed E-state index contributed by atoms with van der Waals surface area (Å²) >= 11 is 0. The van der Waals surface area contributed by atoms with E-state index in [1.54, 1.807) is 0 Å². The highest BCUT2D eigenvalue weighted by Crippen LogP contribution is 2.14. The van der Waals surface area contributed by atoms with Crippen molar-refractivity contribution in [2.45, 2.75) is 46.2 Å². The van der Waals surface area contributed by atoms with Crippen LogP contribution in [0.2, 0.25) is 0 Å². The van der Waals surface area contributed by atoms with E-state index in [2.05, 4.69) is 29.4 Å². The third-order valence-electron chi connectivity index (χ3n) is 3.27. The highest BCUT2D eigenvalue weighted by atomic mass is 16.2. The molecule has 0 aromatic carbocycles. The number of nitrogens with zero attached hydrogens (tertiary/aromatic N) is 1. The number of likely N-dealkylation sites (N-methyl/N-ethyl adjacent to an activating group) is 1. The molecule has 1 heterocycles. The zero-order chi connectivity index (χ0) is 12.8. The molecule has 0 aromatic heterocycles. The number of amides is 1. The van der Waals surface area contributed by atoms with Crippen LogP contribution in [0.3, 0.4) is 0 Å². The Kier molecular flexibility index (Phi) is 5.92. The Hall–Kier alpha value is -0.610. The van der Waals surface area contributed by atoms with E-state index < -0.39 is 0 Å². The van der Waals surface area contributed by atoms with Crippen LogP contribution in [-0.4, -0.2) is 49.1 Å². The summed E-state index contributed by atoms with van der Waals surface area (Å²) < 4.78 is 0.